The smallest absolute Gasteiger partial charge is 0.453 e. The van der Waals surface area contributed by atoms with Gasteiger partial charge in [-0.3, -0.25) is 0 Å². The van der Waals surface area contributed by atoms with Gasteiger partial charge in [-0.05, 0) is 17.7 Å². The van der Waals surface area contributed by atoms with E-state index in [9.17, 15) is 18.0 Å². The van der Waals surface area contributed by atoms with Crippen LogP contribution in [-0.4, -0.2) is 19.6 Å². The molecule has 0 radical (unpaired) electrons. The van der Waals surface area contributed by atoms with Crippen molar-refractivity contribution in [1.29, 1.82) is 0 Å². The van der Waals surface area contributed by atoms with Crippen LogP contribution in [0.15, 0.2) is 24.3 Å². The SMILES string of the molecule is COC(=O)NCc1ccc(OC(F)(F)F)cc1. The Morgan fingerprint density at radius 1 is 1.29 bits per heavy atom. The Morgan fingerprint density at radius 2 is 1.88 bits per heavy atom. The molecule has 0 atom stereocenters. The minimum absolute atomic E-state index is 0.166. The Morgan fingerprint density at radius 3 is 2.35 bits per heavy atom. The molecule has 0 unspecified atom stereocenters. The van der Waals surface area contributed by atoms with Gasteiger partial charge in [0, 0.05) is 6.54 Å². The second kappa shape index (κ2) is 5.42. The Balaban J connectivity index is 2.53. The van der Waals surface area contributed by atoms with Crippen molar-refractivity contribution in [2.75, 3.05) is 7.11 Å². The number of carbonyl (C=O) groups excluding carboxylic acids is 1. The summed E-state index contributed by atoms with van der Waals surface area (Å²) in [5, 5.41) is 2.39. The molecular weight excluding hydrogens is 239 g/mol. The van der Waals surface area contributed by atoms with E-state index < -0.39 is 12.5 Å². The van der Waals surface area contributed by atoms with Gasteiger partial charge in [-0.1, -0.05) is 12.1 Å². The number of alkyl carbamates (subject to hydrolysis) is 1. The molecule has 7 heteroatoms. The van der Waals surface area contributed by atoms with E-state index in [1.54, 1.807) is 0 Å². The summed E-state index contributed by atoms with van der Waals surface area (Å²) in [6.45, 7) is 0.166. The maximum atomic E-state index is 11.8. The van der Waals surface area contributed by atoms with Gasteiger partial charge in [0.15, 0.2) is 0 Å². The summed E-state index contributed by atoms with van der Waals surface area (Å²) in [6, 6.07) is 5.16. The number of nitrogens with one attached hydrogen (secondary N) is 1. The fraction of sp³-hybridized carbons (Fsp3) is 0.300. The van der Waals surface area contributed by atoms with Crippen LogP contribution in [0.4, 0.5) is 18.0 Å². The lowest BCUT2D eigenvalue weighted by Crippen LogP contribution is -2.22. The van der Waals surface area contributed by atoms with E-state index in [2.05, 4.69) is 14.8 Å². The molecular formula is C10H10F3NO3. The van der Waals surface area contributed by atoms with Gasteiger partial charge in [0.1, 0.15) is 5.75 Å². The number of alkyl halides is 3. The number of hydrogen-bond donors (Lipinski definition) is 1. The molecule has 0 fully saturated rings. The summed E-state index contributed by atoms with van der Waals surface area (Å²) in [4.78, 5) is 10.7. The maximum absolute atomic E-state index is 11.8. The molecule has 17 heavy (non-hydrogen) atoms. The average Bonchev–Trinajstić information content (AvgIpc) is 2.25. The summed E-state index contributed by atoms with van der Waals surface area (Å²) in [7, 11) is 1.22. The Hall–Kier alpha value is -1.92. The first-order valence-electron chi connectivity index (χ1n) is 4.57. The standard InChI is InChI=1S/C10H10F3NO3/c1-16-9(15)14-6-7-2-4-8(5-3-7)17-10(11,12)13/h2-5H,6H2,1H3,(H,14,15). The monoisotopic (exact) mass is 249 g/mol. The predicted molar refractivity (Wildman–Crippen MR) is 52.4 cm³/mol. The molecule has 1 rings (SSSR count). The molecule has 4 nitrogen and oxygen atoms in total. The number of hydrogen-bond acceptors (Lipinski definition) is 3. The second-order valence-corrected chi connectivity index (χ2v) is 3.04. The Bertz CT molecular complexity index is 375. The lowest BCUT2D eigenvalue weighted by molar-refractivity contribution is -0.274. The largest absolute Gasteiger partial charge is 0.573 e. The average molecular weight is 249 g/mol. The van der Waals surface area contributed by atoms with Gasteiger partial charge in [-0.15, -0.1) is 13.2 Å². The van der Waals surface area contributed by atoms with Gasteiger partial charge >= 0.3 is 12.5 Å². The summed E-state index contributed by atoms with van der Waals surface area (Å²) < 4.78 is 43.6. The highest BCUT2D eigenvalue weighted by molar-refractivity contribution is 5.66. The normalized spacial score (nSPS) is 10.8. The minimum atomic E-state index is -4.70. The molecule has 94 valence electrons. The lowest BCUT2D eigenvalue weighted by atomic mass is 10.2. The van der Waals surface area contributed by atoms with Gasteiger partial charge in [0.05, 0.1) is 7.11 Å². The maximum Gasteiger partial charge on any atom is 0.573 e. The third kappa shape index (κ3) is 5.10. The first-order valence-corrected chi connectivity index (χ1v) is 4.57. The van der Waals surface area contributed by atoms with Crippen molar-refractivity contribution in [3.63, 3.8) is 0 Å². The van der Waals surface area contributed by atoms with Crippen LogP contribution in [0.2, 0.25) is 0 Å². The number of carbonyl (C=O) groups is 1. The Labute approximate surface area is 95.3 Å². The van der Waals surface area contributed by atoms with Gasteiger partial charge in [0.25, 0.3) is 0 Å². The molecule has 0 aliphatic carbocycles. The molecule has 0 saturated heterocycles. The zero-order valence-corrected chi connectivity index (χ0v) is 8.88. The molecule has 0 bridgehead atoms. The van der Waals surface area contributed by atoms with Gasteiger partial charge in [-0.2, -0.15) is 0 Å². The van der Waals surface area contributed by atoms with Crippen molar-refractivity contribution in [1.82, 2.24) is 5.32 Å². The zero-order chi connectivity index (χ0) is 12.9. The summed E-state index contributed by atoms with van der Waals surface area (Å²) in [5.41, 5.74) is 0.630. The molecule has 0 aliphatic heterocycles. The quantitative estimate of drug-likeness (QED) is 0.895. The molecule has 1 aromatic rings. The van der Waals surface area contributed by atoms with E-state index in [1.807, 2.05) is 0 Å². The molecule has 0 aliphatic rings. The fourth-order valence-electron chi connectivity index (χ4n) is 1.06. The van der Waals surface area contributed by atoms with Crippen molar-refractivity contribution in [3.05, 3.63) is 29.8 Å². The van der Waals surface area contributed by atoms with Crippen molar-refractivity contribution in [2.24, 2.45) is 0 Å². The summed E-state index contributed by atoms with van der Waals surface area (Å²) >= 11 is 0. The number of halogens is 3. The topological polar surface area (TPSA) is 47.6 Å². The number of amides is 1. The zero-order valence-electron chi connectivity index (χ0n) is 8.88. The number of ether oxygens (including phenoxy) is 2. The molecule has 0 aromatic heterocycles. The number of benzene rings is 1. The number of methoxy groups -OCH3 is 1. The summed E-state index contributed by atoms with van der Waals surface area (Å²) in [6.07, 6.45) is -5.31. The molecule has 1 amide bonds. The van der Waals surface area contributed by atoms with Crippen molar-refractivity contribution < 1.29 is 27.4 Å². The molecule has 1 aromatic carbocycles. The first kappa shape index (κ1) is 13.1. The van der Waals surface area contributed by atoms with Crippen LogP contribution in [-0.2, 0) is 11.3 Å². The van der Waals surface area contributed by atoms with E-state index in [-0.39, 0.29) is 12.3 Å². The van der Waals surface area contributed by atoms with Crippen LogP contribution in [0.25, 0.3) is 0 Å². The van der Waals surface area contributed by atoms with Crippen LogP contribution in [0.1, 0.15) is 5.56 Å². The molecule has 1 N–H and O–H groups in total. The number of rotatable bonds is 3. The van der Waals surface area contributed by atoms with Crippen LogP contribution in [0, 0.1) is 0 Å². The highest BCUT2D eigenvalue weighted by atomic mass is 19.4. The van der Waals surface area contributed by atoms with Crippen molar-refractivity contribution in [2.45, 2.75) is 12.9 Å². The molecule has 0 spiro atoms. The lowest BCUT2D eigenvalue weighted by Gasteiger charge is -2.09. The summed E-state index contributed by atoms with van der Waals surface area (Å²) in [5.74, 6) is -0.306. The van der Waals surface area contributed by atoms with E-state index in [4.69, 9.17) is 0 Å². The van der Waals surface area contributed by atoms with Gasteiger partial charge in [-0.25, -0.2) is 4.79 Å². The third-order valence-electron chi connectivity index (χ3n) is 1.78. The van der Waals surface area contributed by atoms with Crippen LogP contribution >= 0.6 is 0 Å². The van der Waals surface area contributed by atoms with E-state index in [1.165, 1.54) is 31.4 Å². The fourth-order valence-corrected chi connectivity index (χ4v) is 1.06. The third-order valence-corrected chi connectivity index (χ3v) is 1.78. The van der Waals surface area contributed by atoms with Crippen LogP contribution < -0.4 is 10.1 Å². The van der Waals surface area contributed by atoms with Gasteiger partial charge < -0.3 is 14.8 Å². The van der Waals surface area contributed by atoms with Crippen molar-refractivity contribution in [3.8, 4) is 5.75 Å². The van der Waals surface area contributed by atoms with Gasteiger partial charge in [0.2, 0.25) is 0 Å². The van der Waals surface area contributed by atoms with E-state index >= 15 is 0 Å². The van der Waals surface area contributed by atoms with Crippen molar-refractivity contribution >= 4 is 6.09 Å². The predicted octanol–water partition coefficient (Wildman–Crippen LogP) is 2.44. The van der Waals surface area contributed by atoms with Crippen LogP contribution in [0.5, 0.6) is 5.75 Å². The van der Waals surface area contributed by atoms with Crippen LogP contribution in [0.3, 0.4) is 0 Å². The van der Waals surface area contributed by atoms with E-state index in [0.29, 0.717) is 5.56 Å². The minimum Gasteiger partial charge on any atom is -0.453 e. The first-order chi connectivity index (χ1) is 7.90. The second-order valence-electron chi connectivity index (χ2n) is 3.04. The van der Waals surface area contributed by atoms with E-state index in [0.717, 1.165) is 0 Å². The molecule has 0 heterocycles. The molecule has 0 saturated carbocycles. The highest BCUT2D eigenvalue weighted by Gasteiger charge is 2.30. The highest BCUT2D eigenvalue weighted by Crippen LogP contribution is 2.22. The Kier molecular flexibility index (Phi) is 4.19.